The van der Waals surface area contributed by atoms with Crippen LogP contribution in [0.4, 0.5) is 0 Å². The van der Waals surface area contributed by atoms with Gasteiger partial charge in [0.2, 0.25) is 0 Å². The van der Waals surface area contributed by atoms with E-state index in [4.69, 9.17) is 19.0 Å². The van der Waals surface area contributed by atoms with Gasteiger partial charge in [0.15, 0.2) is 11.5 Å². The van der Waals surface area contributed by atoms with Gasteiger partial charge in [-0.3, -0.25) is 4.79 Å². The Morgan fingerprint density at radius 1 is 1.00 bits per heavy atom. The number of benzene rings is 2. The van der Waals surface area contributed by atoms with Crippen LogP contribution in [0.2, 0.25) is 0 Å². The van der Waals surface area contributed by atoms with Crippen LogP contribution in [-0.4, -0.2) is 27.0 Å². The zero-order chi connectivity index (χ0) is 24.1. The highest BCUT2D eigenvalue weighted by atomic mass is 16.5. The highest BCUT2D eigenvalue weighted by molar-refractivity contribution is 5.76. The zero-order valence-corrected chi connectivity index (χ0v) is 19.5. The molecule has 0 saturated heterocycles. The van der Waals surface area contributed by atoms with E-state index in [0.29, 0.717) is 17.9 Å². The second kappa shape index (κ2) is 20.0. The van der Waals surface area contributed by atoms with Crippen LogP contribution in [-0.2, 0) is 27.4 Å². The minimum absolute atomic E-state index is 0.199. The third kappa shape index (κ3) is 11.4. The van der Waals surface area contributed by atoms with Crippen LogP contribution >= 0.6 is 0 Å². The fourth-order valence-electron chi connectivity index (χ4n) is 2.30. The summed E-state index contributed by atoms with van der Waals surface area (Å²) < 4.78 is 15.4. The number of hydrogen-bond donors (Lipinski definition) is 0. The maximum absolute atomic E-state index is 11.1. The molecule has 1 heterocycles. The Morgan fingerprint density at radius 3 is 2.00 bits per heavy atom. The monoisotopic (exact) mass is 428 g/mol. The van der Waals surface area contributed by atoms with Crippen molar-refractivity contribution in [3.05, 3.63) is 78.4 Å². The lowest BCUT2D eigenvalue weighted by molar-refractivity contribution is -0.145. The number of rotatable bonds is 4. The molecule has 0 aromatic heterocycles. The van der Waals surface area contributed by atoms with E-state index in [1.165, 1.54) is 5.56 Å². The van der Waals surface area contributed by atoms with Crippen LogP contribution in [0, 0.1) is 0 Å². The quantitative estimate of drug-likeness (QED) is 0.438. The molecular formula is C26H36O5. The van der Waals surface area contributed by atoms with Gasteiger partial charge >= 0.3 is 5.97 Å². The van der Waals surface area contributed by atoms with Gasteiger partial charge in [0.25, 0.3) is 0 Å². The molecule has 31 heavy (non-hydrogen) atoms. The Morgan fingerprint density at radius 2 is 1.58 bits per heavy atom. The molecule has 0 bridgehead atoms. The maximum Gasteiger partial charge on any atom is 0.310 e. The number of methoxy groups -OCH3 is 2. The number of cyclic esters (lactones) is 1. The molecule has 0 fully saturated rings. The van der Waals surface area contributed by atoms with Crippen molar-refractivity contribution in [3.63, 3.8) is 0 Å². The standard InChI is InChI=1S/C11H12O4.C8H8.C4H8.C2H6.CH2O/c1-13-9-4-3-7-5-10(12)15-6-8(7)11(9)14-2;1-2-8-6-4-3-5-7-8;1-3-4-2;2*1-2/h3-4H,5-6H2,1-2H3;2-7H,1H2;3H,1,4H2,2H3;1-2H3;1H2. The van der Waals surface area contributed by atoms with Crippen molar-refractivity contribution in [3.8, 4) is 11.5 Å². The third-order valence-corrected chi connectivity index (χ3v) is 3.78. The van der Waals surface area contributed by atoms with Crippen LogP contribution in [0.3, 0.4) is 0 Å². The van der Waals surface area contributed by atoms with Gasteiger partial charge in [-0.05, 0) is 23.6 Å². The summed E-state index contributed by atoms with van der Waals surface area (Å²) >= 11 is 0. The van der Waals surface area contributed by atoms with E-state index in [1.807, 2.05) is 69.2 Å². The van der Waals surface area contributed by atoms with Crippen molar-refractivity contribution < 1.29 is 23.8 Å². The molecule has 2 aromatic carbocycles. The minimum atomic E-state index is -0.199. The molecule has 5 heteroatoms. The first-order chi connectivity index (χ1) is 15.1. The summed E-state index contributed by atoms with van der Waals surface area (Å²) in [6.45, 7) is 15.4. The average Bonchev–Trinajstić information content (AvgIpc) is 2.86. The maximum atomic E-state index is 11.1. The van der Waals surface area contributed by atoms with E-state index in [0.717, 1.165) is 17.5 Å². The third-order valence-electron chi connectivity index (χ3n) is 3.78. The molecule has 0 spiro atoms. The number of carbonyl (C=O) groups is 2. The van der Waals surface area contributed by atoms with E-state index < -0.39 is 0 Å². The first-order valence-corrected chi connectivity index (χ1v) is 10.1. The van der Waals surface area contributed by atoms with Crippen molar-refractivity contribution in [2.24, 2.45) is 0 Å². The summed E-state index contributed by atoms with van der Waals surface area (Å²) in [6.07, 6.45) is 5.09. The second-order valence-electron chi connectivity index (χ2n) is 5.59. The molecular weight excluding hydrogens is 392 g/mol. The summed E-state index contributed by atoms with van der Waals surface area (Å²) in [7, 11) is 3.16. The summed E-state index contributed by atoms with van der Waals surface area (Å²) in [4.78, 5) is 19.1. The van der Waals surface area contributed by atoms with Crippen LogP contribution in [0.1, 0.15) is 43.9 Å². The highest BCUT2D eigenvalue weighted by Gasteiger charge is 2.22. The van der Waals surface area contributed by atoms with Gasteiger partial charge in [-0.2, -0.15) is 0 Å². The number of carbonyl (C=O) groups excluding carboxylic acids is 2. The van der Waals surface area contributed by atoms with Gasteiger partial charge in [0.1, 0.15) is 13.4 Å². The molecule has 0 amide bonds. The molecule has 1 aliphatic rings. The van der Waals surface area contributed by atoms with Crippen LogP contribution in [0.25, 0.3) is 6.08 Å². The van der Waals surface area contributed by atoms with E-state index >= 15 is 0 Å². The molecule has 0 unspecified atom stereocenters. The summed E-state index contributed by atoms with van der Waals surface area (Å²) in [5.41, 5.74) is 3.02. The topological polar surface area (TPSA) is 61.8 Å². The molecule has 0 N–H and O–H groups in total. The van der Waals surface area contributed by atoms with Crippen LogP contribution < -0.4 is 9.47 Å². The molecule has 3 rings (SSSR count). The fraction of sp³-hybridized carbons (Fsp3) is 0.308. The SMILES string of the molecule is C=CCC.C=Cc1ccccc1.C=O.CC.COc1ccc2c(c1OC)COC(=O)C2. The molecule has 2 aromatic rings. The smallest absolute Gasteiger partial charge is 0.310 e. The van der Waals surface area contributed by atoms with Gasteiger partial charge in [-0.15, -0.1) is 6.58 Å². The normalized spacial score (nSPS) is 10.2. The van der Waals surface area contributed by atoms with Gasteiger partial charge in [0, 0.05) is 5.56 Å². The molecule has 170 valence electrons. The van der Waals surface area contributed by atoms with Crippen molar-refractivity contribution in [2.75, 3.05) is 14.2 Å². The summed E-state index contributed by atoms with van der Waals surface area (Å²) in [6, 6.07) is 13.7. The largest absolute Gasteiger partial charge is 0.493 e. The lowest BCUT2D eigenvalue weighted by Crippen LogP contribution is -2.17. The van der Waals surface area contributed by atoms with Crippen LogP contribution in [0.15, 0.2) is 61.7 Å². The van der Waals surface area contributed by atoms with E-state index in [9.17, 15) is 4.79 Å². The van der Waals surface area contributed by atoms with Gasteiger partial charge < -0.3 is 19.0 Å². The molecule has 1 aliphatic heterocycles. The van der Waals surface area contributed by atoms with Crippen molar-refractivity contribution in [1.82, 2.24) is 0 Å². The molecule has 0 aliphatic carbocycles. The molecule has 0 radical (unpaired) electrons. The van der Waals surface area contributed by atoms with Crippen molar-refractivity contribution in [1.29, 1.82) is 0 Å². The molecule has 0 atom stereocenters. The van der Waals surface area contributed by atoms with Gasteiger partial charge in [0.05, 0.1) is 20.6 Å². The number of ether oxygens (including phenoxy) is 3. The second-order valence-corrected chi connectivity index (χ2v) is 5.59. The lowest BCUT2D eigenvalue weighted by atomic mass is 10.0. The fourth-order valence-corrected chi connectivity index (χ4v) is 2.30. The minimum Gasteiger partial charge on any atom is -0.493 e. The number of hydrogen-bond acceptors (Lipinski definition) is 5. The Labute approximate surface area is 187 Å². The lowest BCUT2D eigenvalue weighted by Gasteiger charge is -2.20. The first kappa shape index (κ1) is 29.9. The van der Waals surface area contributed by atoms with Crippen molar-refractivity contribution >= 4 is 18.8 Å². The predicted molar refractivity (Wildman–Crippen MR) is 129 cm³/mol. The number of esters is 1. The Kier molecular flexibility index (Phi) is 19.2. The number of fused-ring (bicyclic) bond motifs is 1. The summed E-state index contributed by atoms with van der Waals surface area (Å²) in [5.74, 6) is 1.12. The van der Waals surface area contributed by atoms with E-state index in [-0.39, 0.29) is 12.6 Å². The Hall–Kier alpha value is -3.34. The Bertz CT molecular complexity index is 754. The zero-order valence-electron chi connectivity index (χ0n) is 19.5. The van der Waals surface area contributed by atoms with E-state index in [1.54, 1.807) is 20.3 Å². The van der Waals surface area contributed by atoms with Crippen molar-refractivity contribution in [2.45, 2.75) is 40.2 Å². The average molecular weight is 429 g/mol. The molecule has 5 nitrogen and oxygen atoms in total. The van der Waals surface area contributed by atoms with Crippen LogP contribution in [0.5, 0.6) is 11.5 Å². The number of allylic oxidation sites excluding steroid dienone is 1. The van der Waals surface area contributed by atoms with E-state index in [2.05, 4.69) is 20.1 Å². The predicted octanol–water partition coefficient (Wildman–Crippen LogP) is 6.06. The Balaban J connectivity index is 0. The van der Waals surface area contributed by atoms with Gasteiger partial charge in [-0.25, -0.2) is 0 Å². The molecule has 0 saturated carbocycles. The highest BCUT2D eigenvalue weighted by Crippen LogP contribution is 2.35. The first-order valence-electron chi connectivity index (χ1n) is 10.1. The van der Waals surface area contributed by atoms with Gasteiger partial charge in [-0.1, -0.05) is 75.9 Å². The summed E-state index contributed by atoms with van der Waals surface area (Å²) in [5, 5.41) is 0.